The van der Waals surface area contributed by atoms with Crippen LogP contribution in [0.4, 0.5) is 5.69 Å². The van der Waals surface area contributed by atoms with E-state index >= 15 is 0 Å². The standard InChI is InChI=1S/C10H15N3O2S/c1-10(6-7-10)13-16(14,15)9-5-3-2-4-8(9)12-11/h2-5,12-13H,6-7,11H2,1H3. The monoisotopic (exact) mass is 241 g/mol. The fourth-order valence-corrected chi connectivity index (χ4v) is 3.13. The first kappa shape index (κ1) is 11.4. The number of nitrogen functional groups attached to an aromatic ring is 1. The lowest BCUT2D eigenvalue weighted by Crippen LogP contribution is -2.34. The molecule has 88 valence electrons. The van der Waals surface area contributed by atoms with Crippen LogP contribution >= 0.6 is 0 Å². The zero-order valence-electron chi connectivity index (χ0n) is 9.03. The highest BCUT2D eigenvalue weighted by atomic mass is 32.2. The van der Waals surface area contributed by atoms with Gasteiger partial charge in [-0.1, -0.05) is 12.1 Å². The minimum absolute atomic E-state index is 0.186. The minimum atomic E-state index is -3.49. The van der Waals surface area contributed by atoms with Gasteiger partial charge in [0.25, 0.3) is 0 Å². The summed E-state index contributed by atoms with van der Waals surface area (Å²) in [5, 5.41) is 0. The van der Waals surface area contributed by atoms with Crippen molar-refractivity contribution in [1.29, 1.82) is 0 Å². The zero-order valence-corrected chi connectivity index (χ0v) is 9.84. The van der Waals surface area contributed by atoms with Gasteiger partial charge in [0.1, 0.15) is 4.90 Å². The Bertz CT molecular complexity index is 495. The van der Waals surface area contributed by atoms with Gasteiger partial charge in [-0.3, -0.25) is 5.84 Å². The van der Waals surface area contributed by atoms with Crippen molar-refractivity contribution in [2.24, 2.45) is 5.84 Å². The van der Waals surface area contributed by atoms with Crippen LogP contribution in [0, 0.1) is 0 Å². The Labute approximate surface area is 95.1 Å². The Morgan fingerprint density at radius 2 is 1.94 bits per heavy atom. The molecule has 1 aromatic carbocycles. The van der Waals surface area contributed by atoms with Crippen molar-refractivity contribution in [2.75, 3.05) is 5.43 Å². The molecule has 0 aromatic heterocycles. The molecule has 0 heterocycles. The highest BCUT2D eigenvalue weighted by Gasteiger charge is 2.41. The zero-order chi connectivity index (χ0) is 11.8. The van der Waals surface area contributed by atoms with Crippen LogP contribution in [0.5, 0.6) is 0 Å². The van der Waals surface area contributed by atoms with E-state index in [2.05, 4.69) is 10.1 Å². The highest BCUT2D eigenvalue weighted by molar-refractivity contribution is 7.89. The summed E-state index contributed by atoms with van der Waals surface area (Å²) in [6.45, 7) is 1.89. The Balaban J connectivity index is 2.35. The number of para-hydroxylation sites is 1. The topological polar surface area (TPSA) is 84.2 Å². The van der Waals surface area contributed by atoms with Gasteiger partial charge in [0.2, 0.25) is 10.0 Å². The van der Waals surface area contributed by atoms with Crippen molar-refractivity contribution in [3.63, 3.8) is 0 Å². The lowest BCUT2D eigenvalue weighted by atomic mass is 10.3. The van der Waals surface area contributed by atoms with Gasteiger partial charge in [0, 0.05) is 5.54 Å². The number of hydrogen-bond acceptors (Lipinski definition) is 4. The van der Waals surface area contributed by atoms with Crippen LogP contribution in [0.25, 0.3) is 0 Å². The Kier molecular flexibility index (Phi) is 2.65. The van der Waals surface area contributed by atoms with Gasteiger partial charge in [-0.2, -0.15) is 0 Å². The molecule has 0 unspecified atom stereocenters. The van der Waals surface area contributed by atoms with Crippen molar-refractivity contribution < 1.29 is 8.42 Å². The third-order valence-corrected chi connectivity index (χ3v) is 4.41. The number of nitrogens with two attached hydrogens (primary N) is 1. The van der Waals surface area contributed by atoms with E-state index in [0.717, 1.165) is 12.8 Å². The predicted molar refractivity (Wildman–Crippen MR) is 62.2 cm³/mol. The number of sulfonamides is 1. The molecule has 1 fully saturated rings. The number of hydrazine groups is 1. The van der Waals surface area contributed by atoms with Crippen molar-refractivity contribution in [1.82, 2.24) is 4.72 Å². The Morgan fingerprint density at radius 1 is 1.31 bits per heavy atom. The van der Waals surface area contributed by atoms with E-state index in [1.54, 1.807) is 18.2 Å². The maximum absolute atomic E-state index is 12.1. The van der Waals surface area contributed by atoms with Gasteiger partial charge >= 0.3 is 0 Å². The fourth-order valence-electron chi connectivity index (χ4n) is 1.49. The summed E-state index contributed by atoms with van der Waals surface area (Å²) in [6.07, 6.45) is 1.76. The molecule has 1 aromatic rings. The molecule has 0 bridgehead atoms. The molecular formula is C10H15N3O2S. The normalized spacial score (nSPS) is 18.1. The summed E-state index contributed by atoms with van der Waals surface area (Å²) >= 11 is 0. The van der Waals surface area contributed by atoms with Crippen molar-refractivity contribution >= 4 is 15.7 Å². The molecule has 1 aliphatic rings. The van der Waals surface area contributed by atoms with Crippen LogP contribution in [0.15, 0.2) is 29.2 Å². The molecule has 6 heteroatoms. The first-order valence-electron chi connectivity index (χ1n) is 5.06. The van der Waals surface area contributed by atoms with Crippen LogP contribution in [-0.4, -0.2) is 14.0 Å². The average molecular weight is 241 g/mol. The molecule has 0 atom stereocenters. The van der Waals surface area contributed by atoms with Gasteiger partial charge in [-0.05, 0) is 31.9 Å². The molecule has 1 aliphatic carbocycles. The third kappa shape index (κ3) is 2.18. The van der Waals surface area contributed by atoms with E-state index < -0.39 is 10.0 Å². The Morgan fingerprint density at radius 3 is 2.50 bits per heavy atom. The number of anilines is 1. The molecule has 0 amide bonds. The smallest absolute Gasteiger partial charge is 0.243 e. The van der Waals surface area contributed by atoms with E-state index in [-0.39, 0.29) is 10.4 Å². The number of nitrogens with one attached hydrogen (secondary N) is 2. The quantitative estimate of drug-likeness (QED) is 0.538. The number of benzene rings is 1. The maximum atomic E-state index is 12.1. The minimum Gasteiger partial charge on any atom is -0.323 e. The highest BCUT2D eigenvalue weighted by Crippen LogP contribution is 2.36. The van der Waals surface area contributed by atoms with Crippen LogP contribution in [0.1, 0.15) is 19.8 Å². The molecule has 1 saturated carbocycles. The van der Waals surface area contributed by atoms with Gasteiger partial charge in [-0.25, -0.2) is 13.1 Å². The van der Waals surface area contributed by atoms with Gasteiger partial charge < -0.3 is 5.43 Å². The second-order valence-corrected chi connectivity index (χ2v) is 5.96. The fraction of sp³-hybridized carbons (Fsp3) is 0.400. The molecule has 0 saturated heterocycles. The lowest BCUT2D eigenvalue weighted by molar-refractivity contribution is 0.558. The second-order valence-electron chi connectivity index (χ2n) is 4.31. The van der Waals surface area contributed by atoms with E-state index in [9.17, 15) is 8.42 Å². The summed E-state index contributed by atoms with van der Waals surface area (Å²) < 4.78 is 26.8. The van der Waals surface area contributed by atoms with E-state index in [0.29, 0.717) is 5.69 Å². The van der Waals surface area contributed by atoms with Gasteiger partial charge in [0.15, 0.2) is 0 Å². The largest absolute Gasteiger partial charge is 0.323 e. The van der Waals surface area contributed by atoms with E-state index in [1.165, 1.54) is 6.07 Å². The van der Waals surface area contributed by atoms with Crippen LogP contribution in [0.3, 0.4) is 0 Å². The predicted octanol–water partition coefficient (Wildman–Crippen LogP) is 0.803. The van der Waals surface area contributed by atoms with Gasteiger partial charge in [-0.15, -0.1) is 0 Å². The maximum Gasteiger partial charge on any atom is 0.243 e. The van der Waals surface area contributed by atoms with Crippen molar-refractivity contribution in [3.8, 4) is 0 Å². The van der Waals surface area contributed by atoms with E-state index in [1.807, 2.05) is 6.92 Å². The molecule has 5 nitrogen and oxygen atoms in total. The lowest BCUT2D eigenvalue weighted by Gasteiger charge is -2.14. The van der Waals surface area contributed by atoms with Crippen molar-refractivity contribution in [2.45, 2.75) is 30.2 Å². The summed E-state index contributed by atoms with van der Waals surface area (Å²) in [6, 6.07) is 6.56. The third-order valence-electron chi connectivity index (χ3n) is 2.71. The van der Waals surface area contributed by atoms with Crippen LogP contribution in [-0.2, 0) is 10.0 Å². The van der Waals surface area contributed by atoms with Crippen molar-refractivity contribution in [3.05, 3.63) is 24.3 Å². The Hall–Kier alpha value is -1.11. The molecule has 2 rings (SSSR count). The molecule has 0 aliphatic heterocycles. The molecule has 4 N–H and O–H groups in total. The summed E-state index contributed by atoms with van der Waals surface area (Å²) in [5.41, 5.74) is 2.51. The van der Waals surface area contributed by atoms with E-state index in [4.69, 9.17) is 5.84 Å². The first-order valence-corrected chi connectivity index (χ1v) is 6.55. The molecule has 0 radical (unpaired) electrons. The van der Waals surface area contributed by atoms with Gasteiger partial charge in [0.05, 0.1) is 5.69 Å². The first-order chi connectivity index (χ1) is 7.47. The molecular weight excluding hydrogens is 226 g/mol. The number of hydrogen-bond donors (Lipinski definition) is 3. The number of rotatable bonds is 4. The van der Waals surface area contributed by atoms with Crippen LogP contribution < -0.4 is 16.0 Å². The summed E-state index contributed by atoms with van der Waals surface area (Å²) in [5.74, 6) is 5.28. The summed E-state index contributed by atoms with van der Waals surface area (Å²) in [4.78, 5) is 0.186. The average Bonchev–Trinajstić information content (AvgIpc) is 2.95. The van der Waals surface area contributed by atoms with Crippen LogP contribution in [0.2, 0.25) is 0 Å². The molecule has 16 heavy (non-hydrogen) atoms. The second kappa shape index (κ2) is 3.73. The summed E-state index contributed by atoms with van der Waals surface area (Å²) in [7, 11) is -3.49. The molecule has 0 spiro atoms. The SMILES string of the molecule is CC1(NS(=O)(=O)c2ccccc2NN)CC1.